The molecule has 100 valence electrons. The van der Waals surface area contributed by atoms with Gasteiger partial charge in [-0.05, 0) is 51.3 Å². The van der Waals surface area contributed by atoms with E-state index in [-0.39, 0.29) is 23.6 Å². The maximum atomic E-state index is 13.1. The highest BCUT2D eigenvalue weighted by molar-refractivity contribution is 5.19. The minimum Gasteiger partial charge on any atom is -0.371 e. The summed E-state index contributed by atoms with van der Waals surface area (Å²) in [5.41, 5.74) is 0.987. The zero-order valence-electron chi connectivity index (χ0n) is 11.4. The van der Waals surface area contributed by atoms with Crippen molar-refractivity contribution >= 4 is 0 Å². The standard InChI is InChI=1S/C15H22FNO/c1-11(12-5-4-6-13(16)9-12)17-10-14-7-8-15(2,3)18-14/h4-6,9,11,14,17H,7-8,10H2,1-3H3/t11-,14?/m1/s1. The van der Waals surface area contributed by atoms with Crippen LogP contribution < -0.4 is 5.32 Å². The van der Waals surface area contributed by atoms with Crippen molar-refractivity contribution < 1.29 is 9.13 Å². The van der Waals surface area contributed by atoms with Crippen molar-refractivity contribution in [2.24, 2.45) is 0 Å². The Morgan fingerprint density at radius 1 is 1.50 bits per heavy atom. The predicted octanol–water partition coefficient (Wildman–Crippen LogP) is 3.43. The Bertz CT molecular complexity index is 405. The third kappa shape index (κ3) is 3.53. The molecule has 0 radical (unpaired) electrons. The van der Waals surface area contributed by atoms with Crippen LogP contribution in [-0.4, -0.2) is 18.2 Å². The summed E-state index contributed by atoms with van der Waals surface area (Å²) in [5, 5.41) is 3.41. The van der Waals surface area contributed by atoms with Crippen molar-refractivity contribution in [2.75, 3.05) is 6.54 Å². The first kappa shape index (κ1) is 13.5. The molecule has 1 heterocycles. The molecule has 1 unspecified atom stereocenters. The van der Waals surface area contributed by atoms with Gasteiger partial charge in [0.1, 0.15) is 5.82 Å². The highest BCUT2D eigenvalue weighted by atomic mass is 19.1. The average molecular weight is 251 g/mol. The van der Waals surface area contributed by atoms with Gasteiger partial charge in [-0.1, -0.05) is 12.1 Å². The van der Waals surface area contributed by atoms with Crippen LogP contribution in [0.3, 0.4) is 0 Å². The van der Waals surface area contributed by atoms with Gasteiger partial charge in [0.25, 0.3) is 0 Å². The van der Waals surface area contributed by atoms with Crippen molar-refractivity contribution in [1.82, 2.24) is 5.32 Å². The summed E-state index contributed by atoms with van der Waals surface area (Å²) in [6.45, 7) is 7.13. The average Bonchev–Trinajstić information content (AvgIpc) is 2.66. The lowest BCUT2D eigenvalue weighted by atomic mass is 10.1. The van der Waals surface area contributed by atoms with Gasteiger partial charge < -0.3 is 10.1 Å². The maximum absolute atomic E-state index is 13.1. The lowest BCUT2D eigenvalue weighted by molar-refractivity contribution is -0.0150. The fourth-order valence-electron chi connectivity index (χ4n) is 2.42. The van der Waals surface area contributed by atoms with Crippen molar-refractivity contribution in [3.05, 3.63) is 35.6 Å². The number of hydrogen-bond donors (Lipinski definition) is 1. The smallest absolute Gasteiger partial charge is 0.123 e. The molecule has 0 aromatic heterocycles. The fourth-order valence-corrected chi connectivity index (χ4v) is 2.42. The molecule has 1 aromatic carbocycles. The summed E-state index contributed by atoms with van der Waals surface area (Å²) in [6.07, 6.45) is 2.47. The van der Waals surface area contributed by atoms with Gasteiger partial charge in [-0.25, -0.2) is 4.39 Å². The normalized spacial score (nSPS) is 24.1. The predicted molar refractivity (Wildman–Crippen MR) is 71.0 cm³/mol. The van der Waals surface area contributed by atoms with Crippen molar-refractivity contribution in [1.29, 1.82) is 0 Å². The number of nitrogens with one attached hydrogen (secondary N) is 1. The quantitative estimate of drug-likeness (QED) is 0.885. The molecule has 18 heavy (non-hydrogen) atoms. The molecule has 0 aliphatic carbocycles. The van der Waals surface area contributed by atoms with Gasteiger partial charge in [0.05, 0.1) is 11.7 Å². The Balaban J connectivity index is 1.84. The van der Waals surface area contributed by atoms with Crippen molar-refractivity contribution in [2.45, 2.75) is 51.4 Å². The van der Waals surface area contributed by atoms with Gasteiger partial charge >= 0.3 is 0 Å². The summed E-state index contributed by atoms with van der Waals surface area (Å²) in [4.78, 5) is 0. The summed E-state index contributed by atoms with van der Waals surface area (Å²) >= 11 is 0. The Morgan fingerprint density at radius 2 is 2.28 bits per heavy atom. The molecule has 0 bridgehead atoms. The third-order valence-electron chi connectivity index (χ3n) is 3.55. The van der Waals surface area contributed by atoms with E-state index in [0.29, 0.717) is 0 Å². The Hall–Kier alpha value is -0.930. The van der Waals surface area contributed by atoms with Gasteiger partial charge in [-0.3, -0.25) is 0 Å². The van der Waals surface area contributed by atoms with Gasteiger partial charge in [-0.15, -0.1) is 0 Å². The molecular formula is C15H22FNO. The molecule has 1 N–H and O–H groups in total. The SMILES string of the molecule is C[C@@H](NCC1CCC(C)(C)O1)c1cccc(F)c1. The minimum atomic E-state index is -0.181. The molecule has 2 rings (SSSR count). The van der Waals surface area contributed by atoms with Crippen LogP contribution >= 0.6 is 0 Å². The largest absolute Gasteiger partial charge is 0.371 e. The van der Waals surface area contributed by atoms with Crippen LogP contribution in [0.5, 0.6) is 0 Å². The second-order valence-electron chi connectivity index (χ2n) is 5.72. The van der Waals surface area contributed by atoms with Crippen LogP contribution in [0.1, 0.15) is 45.2 Å². The Morgan fingerprint density at radius 3 is 2.89 bits per heavy atom. The molecule has 1 aliphatic rings. The van der Waals surface area contributed by atoms with E-state index in [1.54, 1.807) is 12.1 Å². The van der Waals surface area contributed by atoms with E-state index in [4.69, 9.17) is 4.74 Å². The van der Waals surface area contributed by atoms with E-state index in [9.17, 15) is 4.39 Å². The first-order chi connectivity index (χ1) is 8.46. The Labute approximate surface area is 109 Å². The van der Waals surface area contributed by atoms with E-state index in [2.05, 4.69) is 26.1 Å². The van der Waals surface area contributed by atoms with E-state index < -0.39 is 0 Å². The highest BCUT2D eigenvalue weighted by Gasteiger charge is 2.31. The number of ether oxygens (including phenoxy) is 1. The number of benzene rings is 1. The molecule has 1 aromatic rings. The molecule has 3 heteroatoms. The van der Waals surface area contributed by atoms with Crippen LogP contribution in [-0.2, 0) is 4.74 Å². The zero-order valence-corrected chi connectivity index (χ0v) is 11.4. The maximum Gasteiger partial charge on any atom is 0.123 e. The third-order valence-corrected chi connectivity index (χ3v) is 3.55. The molecule has 0 spiro atoms. The van der Waals surface area contributed by atoms with Gasteiger partial charge in [0.2, 0.25) is 0 Å². The van der Waals surface area contributed by atoms with E-state index in [1.165, 1.54) is 6.07 Å². The highest BCUT2D eigenvalue weighted by Crippen LogP contribution is 2.29. The van der Waals surface area contributed by atoms with E-state index >= 15 is 0 Å². The van der Waals surface area contributed by atoms with Crippen molar-refractivity contribution in [3.8, 4) is 0 Å². The molecule has 1 aliphatic heterocycles. The lowest BCUT2D eigenvalue weighted by Crippen LogP contribution is -2.31. The molecule has 2 atom stereocenters. The molecule has 1 fully saturated rings. The van der Waals surface area contributed by atoms with Gasteiger partial charge in [-0.2, -0.15) is 0 Å². The molecule has 0 saturated carbocycles. The number of rotatable bonds is 4. The summed E-state index contributed by atoms with van der Waals surface area (Å²) in [6, 6.07) is 6.89. The van der Waals surface area contributed by atoms with Crippen LogP contribution in [0.2, 0.25) is 0 Å². The lowest BCUT2D eigenvalue weighted by Gasteiger charge is -2.21. The second kappa shape index (κ2) is 5.37. The van der Waals surface area contributed by atoms with Crippen LogP contribution in [0.25, 0.3) is 0 Å². The number of hydrogen-bond acceptors (Lipinski definition) is 2. The van der Waals surface area contributed by atoms with Gasteiger partial charge in [0, 0.05) is 12.6 Å². The van der Waals surface area contributed by atoms with Crippen molar-refractivity contribution in [3.63, 3.8) is 0 Å². The topological polar surface area (TPSA) is 21.3 Å². The van der Waals surface area contributed by atoms with E-state index in [1.807, 2.05) is 6.07 Å². The summed E-state index contributed by atoms with van der Waals surface area (Å²) in [5.74, 6) is -0.181. The first-order valence-corrected chi connectivity index (χ1v) is 6.63. The molecule has 2 nitrogen and oxygen atoms in total. The second-order valence-corrected chi connectivity index (χ2v) is 5.72. The van der Waals surface area contributed by atoms with E-state index in [0.717, 1.165) is 24.9 Å². The molecule has 0 amide bonds. The monoisotopic (exact) mass is 251 g/mol. The summed E-state index contributed by atoms with van der Waals surface area (Å²) in [7, 11) is 0. The van der Waals surface area contributed by atoms with Crippen LogP contribution in [0.15, 0.2) is 24.3 Å². The molecule has 1 saturated heterocycles. The van der Waals surface area contributed by atoms with Crippen LogP contribution in [0, 0.1) is 5.82 Å². The van der Waals surface area contributed by atoms with Crippen LogP contribution in [0.4, 0.5) is 4.39 Å². The first-order valence-electron chi connectivity index (χ1n) is 6.63. The summed E-state index contributed by atoms with van der Waals surface area (Å²) < 4.78 is 19.0. The Kier molecular flexibility index (Phi) is 4.03. The fraction of sp³-hybridized carbons (Fsp3) is 0.600. The number of halogens is 1. The van der Waals surface area contributed by atoms with Gasteiger partial charge in [0.15, 0.2) is 0 Å². The minimum absolute atomic E-state index is 0.00837. The molecular weight excluding hydrogens is 229 g/mol. The zero-order chi connectivity index (χ0) is 13.2.